The van der Waals surface area contributed by atoms with Crippen molar-refractivity contribution in [1.29, 1.82) is 0 Å². The van der Waals surface area contributed by atoms with Gasteiger partial charge in [-0.15, -0.1) is 0 Å². The molecule has 2 unspecified atom stereocenters. The fraction of sp³-hybridized carbons (Fsp3) is 0.200. The Morgan fingerprint density at radius 1 is 1.28 bits per heavy atom. The average molecular weight is 500 g/mol. The van der Waals surface area contributed by atoms with Gasteiger partial charge in [-0.1, -0.05) is 40.2 Å². The van der Waals surface area contributed by atoms with Gasteiger partial charge in [0.05, 0.1) is 11.1 Å². The largest absolute Gasteiger partial charge is 0.325 e. The van der Waals surface area contributed by atoms with Crippen LogP contribution in [0.25, 0.3) is 0 Å². The Kier molecular flexibility index (Phi) is 5.86. The number of guanidine groups is 1. The van der Waals surface area contributed by atoms with Crippen LogP contribution >= 0.6 is 15.9 Å². The summed E-state index contributed by atoms with van der Waals surface area (Å²) in [5.74, 6) is -0.144. The number of nitrogens with zero attached hydrogens (tertiary/aromatic N) is 5. The van der Waals surface area contributed by atoms with E-state index >= 15 is 0 Å². The normalized spacial score (nSPS) is 20.2. The van der Waals surface area contributed by atoms with Gasteiger partial charge in [0, 0.05) is 35.8 Å². The Bertz CT molecular complexity index is 1150. The van der Waals surface area contributed by atoms with E-state index in [4.69, 9.17) is 0 Å². The molecule has 2 heterocycles. The summed E-state index contributed by atoms with van der Waals surface area (Å²) in [6.45, 7) is 0.341. The fourth-order valence-corrected chi connectivity index (χ4v) is 3.95. The van der Waals surface area contributed by atoms with Gasteiger partial charge >= 0.3 is 6.03 Å². The minimum atomic E-state index is -0.729. The van der Waals surface area contributed by atoms with Crippen LogP contribution in [0.3, 0.4) is 0 Å². The van der Waals surface area contributed by atoms with E-state index in [1.165, 1.54) is 23.2 Å². The SMILES string of the molecule is CN1C(=O)NC(=O)C2C1N=C(N/N=C\c1cccc([N+](=O)[O-])c1)N2Cc1cccc(Br)c1. The molecular weight excluding hydrogens is 482 g/mol. The molecule has 0 bridgehead atoms. The molecule has 2 aromatic rings. The molecule has 0 aromatic heterocycles. The first kappa shape index (κ1) is 21.4. The van der Waals surface area contributed by atoms with Crippen LogP contribution in [-0.4, -0.2) is 58.1 Å². The number of hydrazone groups is 1. The smallest absolute Gasteiger partial charge is 0.321 e. The molecule has 1 saturated heterocycles. The van der Waals surface area contributed by atoms with Crippen molar-refractivity contribution >= 4 is 45.7 Å². The molecule has 32 heavy (non-hydrogen) atoms. The lowest BCUT2D eigenvalue weighted by Crippen LogP contribution is -2.63. The number of rotatable bonds is 5. The Labute approximate surface area is 191 Å². The first-order valence-electron chi connectivity index (χ1n) is 9.53. The van der Waals surface area contributed by atoms with E-state index in [9.17, 15) is 19.7 Å². The van der Waals surface area contributed by atoms with E-state index < -0.39 is 29.1 Å². The van der Waals surface area contributed by atoms with Crippen molar-refractivity contribution in [2.45, 2.75) is 18.8 Å². The van der Waals surface area contributed by atoms with Crippen molar-refractivity contribution in [3.05, 3.63) is 74.2 Å². The number of carbonyl (C=O) groups excluding carboxylic acids is 2. The summed E-state index contributed by atoms with van der Waals surface area (Å²) < 4.78 is 0.890. The Morgan fingerprint density at radius 3 is 2.81 bits per heavy atom. The van der Waals surface area contributed by atoms with Gasteiger partial charge in [0.2, 0.25) is 5.96 Å². The van der Waals surface area contributed by atoms with Crippen LogP contribution in [0.1, 0.15) is 11.1 Å². The maximum atomic E-state index is 12.6. The highest BCUT2D eigenvalue weighted by atomic mass is 79.9. The Hall–Kier alpha value is -3.80. The molecule has 2 aliphatic heterocycles. The van der Waals surface area contributed by atoms with Gasteiger partial charge < -0.3 is 9.80 Å². The van der Waals surface area contributed by atoms with Gasteiger partial charge in [-0.05, 0) is 17.7 Å². The predicted molar refractivity (Wildman–Crippen MR) is 120 cm³/mol. The number of carbonyl (C=O) groups is 2. The number of benzene rings is 2. The molecule has 1 fully saturated rings. The zero-order valence-corrected chi connectivity index (χ0v) is 18.4. The topological polar surface area (TPSA) is 133 Å². The van der Waals surface area contributed by atoms with Gasteiger partial charge in [-0.25, -0.2) is 15.2 Å². The number of likely N-dealkylation sites (N-methyl/N-ethyl adjacent to an activating group) is 1. The second-order valence-electron chi connectivity index (χ2n) is 7.20. The highest BCUT2D eigenvalue weighted by Gasteiger charge is 2.48. The lowest BCUT2D eigenvalue weighted by molar-refractivity contribution is -0.384. The number of aliphatic imine (C=N–C) groups is 1. The number of nitro benzene ring substituents is 1. The number of hydrogen-bond donors (Lipinski definition) is 2. The van der Waals surface area contributed by atoms with E-state index in [0.717, 1.165) is 10.0 Å². The molecule has 2 aromatic carbocycles. The van der Waals surface area contributed by atoms with Crippen molar-refractivity contribution in [3.8, 4) is 0 Å². The number of non-ortho nitro benzene ring substituents is 1. The summed E-state index contributed by atoms with van der Waals surface area (Å²) in [5, 5.41) is 17.4. The lowest BCUT2D eigenvalue weighted by Gasteiger charge is -2.36. The number of amides is 3. The van der Waals surface area contributed by atoms with Crippen molar-refractivity contribution in [3.63, 3.8) is 0 Å². The standard InChI is InChI=1S/C20H18BrN7O4/c1-26-17-16(18(29)24-20(26)30)27(11-13-5-2-6-14(21)8-13)19(23-17)25-22-10-12-4-3-7-15(9-12)28(31)32/h2-10,16-17H,11H2,1H3,(H,23,25)(H,24,29,30)/b22-10-. The summed E-state index contributed by atoms with van der Waals surface area (Å²) in [5.41, 5.74) is 4.21. The average Bonchev–Trinajstić information content (AvgIpc) is 3.11. The number of imide groups is 1. The van der Waals surface area contributed by atoms with Crippen LogP contribution < -0.4 is 10.7 Å². The molecular formula is C20H18BrN7O4. The molecule has 12 heteroatoms. The first-order valence-corrected chi connectivity index (χ1v) is 10.3. The number of fused-ring (bicyclic) bond motifs is 1. The molecule has 0 spiro atoms. The summed E-state index contributed by atoms with van der Waals surface area (Å²) in [4.78, 5) is 42.7. The van der Waals surface area contributed by atoms with Gasteiger partial charge in [0.25, 0.3) is 11.6 Å². The molecule has 0 radical (unpaired) electrons. The summed E-state index contributed by atoms with van der Waals surface area (Å²) in [6, 6.07) is 12.4. The molecule has 0 saturated carbocycles. The van der Waals surface area contributed by atoms with Crippen LogP contribution in [0.4, 0.5) is 10.5 Å². The van der Waals surface area contributed by atoms with E-state index in [2.05, 4.69) is 36.8 Å². The molecule has 11 nitrogen and oxygen atoms in total. The summed E-state index contributed by atoms with van der Waals surface area (Å²) in [6.07, 6.45) is 0.711. The van der Waals surface area contributed by atoms with Crippen molar-refractivity contribution in [1.82, 2.24) is 20.5 Å². The third-order valence-corrected chi connectivity index (χ3v) is 5.56. The second kappa shape index (κ2) is 8.75. The molecule has 2 N–H and O–H groups in total. The minimum absolute atomic E-state index is 0.0498. The molecule has 2 aliphatic rings. The van der Waals surface area contributed by atoms with Gasteiger partial charge in [-0.2, -0.15) is 5.10 Å². The number of nitrogens with one attached hydrogen (secondary N) is 2. The Morgan fingerprint density at radius 2 is 2.06 bits per heavy atom. The number of nitro groups is 1. The molecule has 3 amide bonds. The number of hydrogen-bond acceptors (Lipinski definition) is 8. The zero-order valence-electron chi connectivity index (χ0n) is 16.8. The second-order valence-corrected chi connectivity index (χ2v) is 8.11. The van der Waals surface area contributed by atoms with E-state index in [0.29, 0.717) is 18.1 Å². The third kappa shape index (κ3) is 4.30. The predicted octanol–water partition coefficient (Wildman–Crippen LogP) is 2.03. The highest BCUT2D eigenvalue weighted by Crippen LogP contribution is 2.26. The maximum absolute atomic E-state index is 12.6. The van der Waals surface area contributed by atoms with Crippen molar-refractivity contribution < 1.29 is 14.5 Å². The maximum Gasteiger partial charge on any atom is 0.325 e. The van der Waals surface area contributed by atoms with Gasteiger partial charge in [0.15, 0.2) is 12.2 Å². The van der Waals surface area contributed by atoms with E-state index in [1.807, 2.05) is 24.3 Å². The van der Waals surface area contributed by atoms with Gasteiger partial charge in [-0.3, -0.25) is 20.2 Å². The quantitative estimate of drug-likeness (QED) is 0.367. The summed E-state index contributed by atoms with van der Waals surface area (Å²) >= 11 is 3.44. The van der Waals surface area contributed by atoms with E-state index in [-0.39, 0.29) is 5.69 Å². The van der Waals surface area contributed by atoms with Crippen molar-refractivity contribution in [2.24, 2.45) is 10.1 Å². The fourth-order valence-electron chi connectivity index (χ4n) is 3.51. The highest BCUT2D eigenvalue weighted by molar-refractivity contribution is 9.10. The molecule has 0 aliphatic carbocycles. The molecule has 164 valence electrons. The molecule has 2 atom stereocenters. The van der Waals surface area contributed by atoms with E-state index in [1.54, 1.807) is 24.1 Å². The monoisotopic (exact) mass is 499 g/mol. The number of halogens is 1. The third-order valence-electron chi connectivity index (χ3n) is 5.06. The van der Waals surface area contributed by atoms with Crippen LogP contribution in [0.2, 0.25) is 0 Å². The van der Waals surface area contributed by atoms with Gasteiger partial charge in [0.1, 0.15) is 0 Å². The zero-order chi connectivity index (χ0) is 22.8. The number of urea groups is 1. The van der Waals surface area contributed by atoms with Crippen molar-refractivity contribution in [2.75, 3.05) is 7.05 Å². The van der Waals surface area contributed by atoms with Crippen LogP contribution in [0, 0.1) is 10.1 Å². The van der Waals surface area contributed by atoms with Crippen LogP contribution in [0.15, 0.2) is 63.1 Å². The lowest BCUT2D eigenvalue weighted by atomic mass is 10.1. The Balaban J connectivity index is 1.60. The minimum Gasteiger partial charge on any atom is -0.321 e. The van der Waals surface area contributed by atoms with Crippen LogP contribution in [0.5, 0.6) is 0 Å². The first-order chi connectivity index (χ1) is 15.3. The summed E-state index contributed by atoms with van der Waals surface area (Å²) in [7, 11) is 1.57. The molecule has 4 rings (SSSR count). The van der Waals surface area contributed by atoms with Crippen LogP contribution in [-0.2, 0) is 11.3 Å².